The Morgan fingerprint density at radius 2 is 2.12 bits per heavy atom. The lowest BCUT2D eigenvalue weighted by molar-refractivity contribution is 0.618. The summed E-state index contributed by atoms with van der Waals surface area (Å²) in [5.41, 5.74) is 2.66. The van der Waals surface area contributed by atoms with Gasteiger partial charge in [-0.2, -0.15) is 0 Å². The van der Waals surface area contributed by atoms with Crippen LogP contribution in [0.15, 0.2) is 28.2 Å². The molecule has 1 aliphatic heterocycles. The molecule has 1 aromatic rings. The summed E-state index contributed by atoms with van der Waals surface area (Å²) in [5.74, 6) is 1.15. The number of aryl methyl sites for hydroxylation is 1. The van der Waals surface area contributed by atoms with Crippen LogP contribution in [0.2, 0.25) is 0 Å². The maximum Gasteiger partial charge on any atom is 0.154 e. The molecule has 1 aromatic carbocycles. The van der Waals surface area contributed by atoms with Crippen LogP contribution in [0, 0.1) is 18.7 Å². The highest BCUT2D eigenvalue weighted by Gasteiger charge is 2.13. The predicted octanol–water partition coefficient (Wildman–Crippen LogP) is 3.38. The van der Waals surface area contributed by atoms with Crippen molar-refractivity contribution in [2.24, 2.45) is 15.9 Å². The summed E-state index contributed by atoms with van der Waals surface area (Å²) in [6.07, 6.45) is 0.979. The third kappa shape index (κ3) is 2.78. The van der Waals surface area contributed by atoms with Crippen LogP contribution in [0.1, 0.15) is 31.4 Å². The Hall–Kier alpha value is -1.51. The molecule has 2 nitrogen and oxygen atoms in total. The maximum atomic E-state index is 13.2. The van der Waals surface area contributed by atoms with E-state index in [1.165, 1.54) is 6.07 Å². The first-order chi connectivity index (χ1) is 8.06. The predicted molar refractivity (Wildman–Crippen MR) is 69.4 cm³/mol. The van der Waals surface area contributed by atoms with Crippen molar-refractivity contribution in [1.29, 1.82) is 0 Å². The van der Waals surface area contributed by atoms with Gasteiger partial charge < -0.3 is 0 Å². The maximum absolute atomic E-state index is 13.2. The zero-order valence-corrected chi connectivity index (χ0v) is 10.5. The molecule has 0 aliphatic carbocycles. The van der Waals surface area contributed by atoms with Crippen molar-refractivity contribution >= 4 is 11.5 Å². The van der Waals surface area contributed by atoms with Crippen LogP contribution >= 0.6 is 0 Å². The van der Waals surface area contributed by atoms with Crippen LogP contribution in [0.4, 0.5) is 4.39 Å². The quantitative estimate of drug-likeness (QED) is 0.763. The van der Waals surface area contributed by atoms with Gasteiger partial charge in [-0.3, -0.25) is 4.99 Å². The molecule has 0 fully saturated rings. The highest BCUT2D eigenvalue weighted by Crippen LogP contribution is 2.15. The number of benzene rings is 1. The Balaban J connectivity index is 2.19. The molecule has 90 valence electrons. The molecule has 0 spiro atoms. The molecule has 2 rings (SSSR count). The van der Waals surface area contributed by atoms with Gasteiger partial charge in [-0.05, 0) is 43.0 Å². The largest absolute Gasteiger partial charge is 0.260 e. The molecule has 1 aliphatic rings. The Morgan fingerprint density at radius 3 is 2.76 bits per heavy atom. The van der Waals surface area contributed by atoms with Gasteiger partial charge in [0.15, 0.2) is 5.84 Å². The molecule has 0 N–H and O–H groups in total. The van der Waals surface area contributed by atoms with E-state index in [0.717, 1.165) is 23.5 Å². The van der Waals surface area contributed by atoms with Gasteiger partial charge in [-0.1, -0.05) is 13.8 Å². The number of hydrogen-bond donors (Lipinski definition) is 0. The summed E-state index contributed by atoms with van der Waals surface area (Å²) < 4.78 is 13.2. The minimum Gasteiger partial charge on any atom is -0.260 e. The number of amidine groups is 1. The first-order valence-corrected chi connectivity index (χ1v) is 5.93. The third-order valence-corrected chi connectivity index (χ3v) is 2.74. The molecule has 0 saturated heterocycles. The van der Waals surface area contributed by atoms with Crippen molar-refractivity contribution in [2.45, 2.75) is 27.2 Å². The summed E-state index contributed by atoms with van der Waals surface area (Å²) in [6.45, 7) is 6.78. The first kappa shape index (κ1) is 12.0. The lowest BCUT2D eigenvalue weighted by atomic mass is 10.1. The van der Waals surface area contributed by atoms with Crippen LogP contribution in [-0.4, -0.2) is 18.1 Å². The minimum atomic E-state index is -0.182. The summed E-state index contributed by atoms with van der Waals surface area (Å²) >= 11 is 0. The summed E-state index contributed by atoms with van der Waals surface area (Å²) in [7, 11) is 0. The van der Waals surface area contributed by atoms with Gasteiger partial charge in [0, 0.05) is 11.3 Å². The lowest BCUT2D eigenvalue weighted by Crippen LogP contribution is -2.03. The Bertz CT molecular complexity index is 487. The van der Waals surface area contributed by atoms with E-state index in [4.69, 9.17) is 0 Å². The van der Waals surface area contributed by atoms with E-state index >= 15 is 0 Å². The van der Waals surface area contributed by atoms with Gasteiger partial charge >= 0.3 is 0 Å². The molecule has 0 amide bonds. The fraction of sp³-hybridized carbons (Fsp3) is 0.429. The van der Waals surface area contributed by atoms with Crippen LogP contribution in [-0.2, 0) is 0 Å². The average molecular weight is 232 g/mol. The van der Waals surface area contributed by atoms with Gasteiger partial charge in [0.2, 0.25) is 0 Å². The van der Waals surface area contributed by atoms with Crippen molar-refractivity contribution in [3.63, 3.8) is 0 Å². The number of halogens is 1. The van der Waals surface area contributed by atoms with E-state index in [2.05, 4.69) is 23.8 Å². The van der Waals surface area contributed by atoms with Gasteiger partial charge in [-0.15, -0.1) is 0 Å². The van der Waals surface area contributed by atoms with Gasteiger partial charge in [0.1, 0.15) is 5.82 Å². The summed E-state index contributed by atoms with van der Waals surface area (Å²) in [4.78, 5) is 8.92. The molecule has 17 heavy (non-hydrogen) atoms. The Kier molecular flexibility index (Phi) is 3.36. The molecule has 0 saturated carbocycles. The third-order valence-electron chi connectivity index (χ3n) is 2.74. The number of aliphatic imine (C=N–C) groups is 2. The highest BCUT2D eigenvalue weighted by molar-refractivity contribution is 6.11. The van der Waals surface area contributed by atoms with Crippen LogP contribution in [0.25, 0.3) is 0 Å². The van der Waals surface area contributed by atoms with E-state index in [1.54, 1.807) is 19.1 Å². The molecule has 0 aromatic heterocycles. The van der Waals surface area contributed by atoms with E-state index in [1.807, 2.05) is 0 Å². The zero-order valence-electron chi connectivity index (χ0n) is 10.5. The molecular weight excluding hydrogens is 215 g/mol. The number of hydrogen-bond acceptors (Lipinski definition) is 2. The second kappa shape index (κ2) is 4.78. The summed E-state index contributed by atoms with van der Waals surface area (Å²) in [5, 5.41) is 0. The fourth-order valence-corrected chi connectivity index (χ4v) is 1.91. The smallest absolute Gasteiger partial charge is 0.154 e. The average Bonchev–Trinajstić information content (AvgIpc) is 2.69. The Labute approximate surface area is 101 Å². The first-order valence-electron chi connectivity index (χ1n) is 5.93. The molecule has 0 unspecified atom stereocenters. The number of nitrogens with zero attached hydrogens (tertiary/aromatic N) is 2. The van der Waals surface area contributed by atoms with Crippen molar-refractivity contribution in [2.75, 3.05) is 6.54 Å². The normalized spacial score (nSPS) is 15.1. The molecule has 0 bridgehead atoms. The van der Waals surface area contributed by atoms with Crippen molar-refractivity contribution < 1.29 is 4.39 Å². The summed E-state index contributed by atoms with van der Waals surface area (Å²) in [6, 6.07) is 5.02. The molecular formula is C14H17FN2. The number of rotatable bonds is 3. The lowest BCUT2D eigenvalue weighted by Gasteiger charge is -2.02. The van der Waals surface area contributed by atoms with E-state index in [0.29, 0.717) is 18.0 Å². The Morgan fingerprint density at radius 1 is 1.35 bits per heavy atom. The standard InChI is InChI=1S/C14H17FN2/c1-9(2)6-12-8-16-14(17-12)11-4-5-13(15)10(3)7-11/h4-5,7,9H,6,8H2,1-3H3. The van der Waals surface area contributed by atoms with E-state index < -0.39 is 0 Å². The highest BCUT2D eigenvalue weighted by atomic mass is 19.1. The monoisotopic (exact) mass is 232 g/mol. The van der Waals surface area contributed by atoms with Crippen LogP contribution in [0.3, 0.4) is 0 Å². The minimum absolute atomic E-state index is 0.182. The van der Waals surface area contributed by atoms with Gasteiger partial charge in [0.25, 0.3) is 0 Å². The zero-order chi connectivity index (χ0) is 12.4. The van der Waals surface area contributed by atoms with Crippen molar-refractivity contribution in [3.8, 4) is 0 Å². The molecule has 3 heteroatoms. The second-order valence-electron chi connectivity index (χ2n) is 4.88. The SMILES string of the molecule is Cc1cc(C2=NCC(CC(C)C)=N2)ccc1F. The molecule has 0 atom stereocenters. The van der Waals surface area contributed by atoms with Gasteiger partial charge in [0.05, 0.1) is 6.54 Å². The van der Waals surface area contributed by atoms with Gasteiger partial charge in [-0.25, -0.2) is 9.38 Å². The second-order valence-corrected chi connectivity index (χ2v) is 4.88. The fourth-order valence-electron chi connectivity index (χ4n) is 1.91. The van der Waals surface area contributed by atoms with Crippen molar-refractivity contribution in [1.82, 2.24) is 0 Å². The topological polar surface area (TPSA) is 24.7 Å². The van der Waals surface area contributed by atoms with E-state index in [-0.39, 0.29) is 5.82 Å². The van der Waals surface area contributed by atoms with Crippen LogP contribution in [0.5, 0.6) is 0 Å². The van der Waals surface area contributed by atoms with Crippen molar-refractivity contribution in [3.05, 3.63) is 35.1 Å². The van der Waals surface area contributed by atoms with Crippen LogP contribution < -0.4 is 0 Å². The van der Waals surface area contributed by atoms with E-state index in [9.17, 15) is 4.39 Å². The molecule has 1 heterocycles. The molecule has 0 radical (unpaired) electrons.